The van der Waals surface area contributed by atoms with Gasteiger partial charge in [-0.05, 0) is 66.1 Å². The lowest BCUT2D eigenvalue weighted by molar-refractivity contribution is 0.177. The van der Waals surface area contributed by atoms with E-state index < -0.39 is 6.10 Å². The molecule has 2 heteroatoms. The number of halogens is 1. The molecule has 1 unspecified atom stereocenters. The van der Waals surface area contributed by atoms with E-state index in [0.29, 0.717) is 12.0 Å². The molecule has 20 heavy (non-hydrogen) atoms. The first-order valence-electron chi connectivity index (χ1n) is 7.18. The summed E-state index contributed by atoms with van der Waals surface area (Å²) < 4.78 is 13.3. The van der Waals surface area contributed by atoms with Crippen LogP contribution in [0.5, 0.6) is 0 Å². The number of aliphatic hydroxyl groups is 1. The Balaban J connectivity index is 1.82. The van der Waals surface area contributed by atoms with Crippen LogP contribution in [0.15, 0.2) is 36.4 Å². The third-order valence-electron chi connectivity index (χ3n) is 4.19. The van der Waals surface area contributed by atoms with Crippen LogP contribution in [-0.4, -0.2) is 5.11 Å². The molecule has 0 amide bonds. The molecule has 1 aliphatic rings. The fraction of sp³-hybridized carbons (Fsp3) is 0.333. The van der Waals surface area contributed by atoms with E-state index in [1.54, 1.807) is 6.07 Å². The highest BCUT2D eigenvalue weighted by Crippen LogP contribution is 2.27. The van der Waals surface area contributed by atoms with Gasteiger partial charge in [0.15, 0.2) is 0 Å². The highest BCUT2D eigenvalue weighted by molar-refractivity contribution is 5.37. The molecule has 0 saturated carbocycles. The zero-order chi connectivity index (χ0) is 14.1. The van der Waals surface area contributed by atoms with Crippen LogP contribution in [0.2, 0.25) is 0 Å². The molecule has 0 radical (unpaired) electrons. The number of fused-ring (bicyclic) bond motifs is 1. The lowest BCUT2D eigenvalue weighted by Gasteiger charge is -2.14. The molecule has 2 aromatic rings. The smallest absolute Gasteiger partial charge is 0.123 e. The Bertz CT molecular complexity index is 633. The van der Waals surface area contributed by atoms with Crippen LogP contribution >= 0.6 is 0 Å². The summed E-state index contributed by atoms with van der Waals surface area (Å²) in [7, 11) is 0. The minimum Gasteiger partial charge on any atom is -0.388 e. The molecule has 2 aromatic carbocycles. The first-order chi connectivity index (χ1) is 9.63. The van der Waals surface area contributed by atoms with E-state index >= 15 is 0 Å². The number of aliphatic hydroxyl groups excluding tert-OH is 1. The van der Waals surface area contributed by atoms with Crippen molar-refractivity contribution in [1.29, 1.82) is 0 Å². The Labute approximate surface area is 119 Å². The number of benzene rings is 2. The summed E-state index contributed by atoms with van der Waals surface area (Å²) in [5.74, 6) is -0.293. The molecule has 0 fully saturated rings. The van der Waals surface area contributed by atoms with E-state index in [2.05, 4.69) is 18.2 Å². The maximum atomic E-state index is 13.3. The minimum absolute atomic E-state index is 0.293. The summed E-state index contributed by atoms with van der Waals surface area (Å²) in [6.07, 6.45) is 3.42. The van der Waals surface area contributed by atoms with Gasteiger partial charge in [0.05, 0.1) is 6.10 Å². The lowest BCUT2D eigenvalue weighted by Crippen LogP contribution is -2.05. The normalized spacial score (nSPS) is 15.2. The van der Waals surface area contributed by atoms with Gasteiger partial charge in [0.2, 0.25) is 0 Å². The number of hydrogen-bond donors (Lipinski definition) is 1. The molecule has 3 rings (SSSR count). The SMILES string of the molecule is Cc1ccc(F)cc1C(O)Cc1ccc2c(c1)CCC2. The monoisotopic (exact) mass is 270 g/mol. The molecule has 0 saturated heterocycles. The van der Waals surface area contributed by atoms with Crippen LogP contribution < -0.4 is 0 Å². The molecule has 1 nitrogen and oxygen atoms in total. The van der Waals surface area contributed by atoms with E-state index in [4.69, 9.17) is 0 Å². The Kier molecular flexibility index (Phi) is 3.58. The van der Waals surface area contributed by atoms with Crippen LogP contribution in [0.25, 0.3) is 0 Å². The second-order valence-electron chi connectivity index (χ2n) is 5.68. The second-order valence-corrected chi connectivity index (χ2v) is 5.68. The second kappa shape index (κ2) is 5.37. The molecule has 0 heterocycles. The molecule has 0 aromatic heterocycles. The van der Waals surface area contributed by atoms with Crippen molar-refractivity contribution < 1.29 is 9.50 Å². The van der Waals surface area contributed by atoms with Crippen molar-refractivity contribution in [2.45, 2.75) is 38.7 Å². The standard InChI is InChI=1S/C18H19FO/c1-12-5-8-16(19)11-17(12)18(20)10-13-6-7-14-3-2-4-15(14)9-13/h5-9,11,18,20H,2-4,10H2,1H3. The number of rotatable bonds is 3. The maximum absolute atomic E-state index is 13.3. The number of aryl methyl sites for hydroxylation is 3. The van der Waals surface area contributed by atoms with E-state index in [-0.39, 0.29) is 5.82 Å². The quantitative estimate of drug-likeness (QED) is 0.897. The van der Waals surface area contributed by atoms with Gasteiger partial charge in [-0.3, -0.25) is 0 Å². The van der Waals surface area contributed by atoms with Crippen molar-refractivity contribution in [1.82, 2.24) is 0 Å². The van der Waals surface area contributed by atoms with Crippen LogP contribution in [0.3, 0.4) is 0 Å². The highest BCUT2D eigenvalue weighted by Gasteiger charge is 2.15. The summed E-state index contributed by atoms with van der Waals surface area (Å²) in [6.45, 7) is 1.90. The predicted molar refractivity (Wildman–Crippen MR) is 78.3 cm³/mol. The summed E-state index contributed by atoms with van der Waals surface area (Å²) in [5, 5.41) is 10.4. The molecule has 0 bridgehead atoms. The maximum Gasteiger partial charge on any atom is 0.123 e. The average molecular weight is 270 g/mol. The van der Waals surface area contributed by atoms with Crippen molar-refractivity contribution >= 4 is 0 Å². The molecule has 0 spiro atoms. The summed E-state index contributed by atoms with van der Waals surface area (Å²) in [6, 6.07) is 11.0. The van der Waals surface area contributed by atoms with Crippen LogP contribution in [-0.2, 0) is 19.3 Å². The van der Waals surface area contributed by atoms with E-state index in [1.165, 1.54) is 36.1 Å². The van der Waals surface area contributed by atoms with Crippen LogP contribution in [0.1, 0.15) is 40.3 Å². The van der Waals surface area contributed by atoms with Gasteiger partial charge in [0.25, 0.3) is 0 Å². The minimum atomic E-state index is -0.648. The van der Waals surface area contributed by atoms with E-state index in [9.17, 15) is 9.50 Å². The third-order valence-corrected chi connectivity index (χ3v) is 4.19. The first kappa shape index (κ1) is 13.3. The zero-order valence-corrected chi connectivity index (χ0v) is 11.7. The number of hydrogen-bond acceptors (Lipinski definition) is 1. The fourth-order valence-electron chi connectivity index (χ4n) is 3.06. The Morgan fingerprint density at radius 2 is 1.90 bits per heavy atom. The van der Waals surface area contributed by atoms with Crippen molar-refractivity contribution in [3.8, 4) is 0 Å². The first-order valence-corrected chi connectivity index (χ1v) is 7.18. The van der Waals surface area contributed by atoms with E-state index in [0.717, 1.165) is 17.5 Å². The molecular weight excluding hydrogens is 251 g/mol. The van der Waals surface area contributed by atoms with Gasteiger partial charge < -0.3 is 5.11 Å². The Hall–Kier alpha value is -1.67. The largest absolute Gasteiger partial charge is 0.388 e. The summed E-state index contributed by atoms with van der Waals surface area (Å²) >= 11 is 0. The molecule has 1 N–H and O–H groups in total. The molecular formula is C18H19FO. The molecule has 1 aliphatic carbocycles. The predicted octanol–water partition coefficient (Wildman–Crippen LogP) is 3.90. The van der Waals surface area contributed by atoms with Gasteiger partial charge in [-0.1, -0.05) is 24.3 Å². The van der Waals surface area contributed by atoms with Gasteiger partial charge in [0.1, 0.15) is 5.82 Å². The van der Waals surface area contributed by atoms with Crippen molar-refractivity contribution in [2.75, 3.05) is 0 Å². The van der Waals surface area contributed by atoms with Gasteiger partial charge in [-0.25, -0.2) is 4.39 Å². The molecule has 104 valence electrons. The summed E-state index contributed by atoms with van der Waals surface area (Å²) in [4.78, 5) is 0. The van der Waals surface area contributed by atoms with Gasteiger partial charge in [0, 0.05) is 6.42 Å². The van der Waals surface area contributed by atoms with Crippen molar-refractivity contribution in [3.63, 3.8) is 0 Å². The fourth-order valence-corrected chi connectivity index (χ4v) is 3.06. The highest BCUT2D eigenvalue weighted by atomic mass is 19.1. The summed E-state index contributed by atoms with van der Waals surface area (Å²) in [5.41, 5.74) is 5.59. The zero-order valence-electron chi connectivity index (χ0n) is 11.7. The van der Waals surface area contributed by atoms with Crippen LogP contribution in [0.4, 0.5) is 4.39 Å². The average Bonchev–Trinajstić information content (AvgIpc) is 2.89. The van der Waals surface area contributed by atoms with Gasteiger partial charge >= 0.3 is 0 Å². The van der Waals surface area contributed by atoms with Gasteiger partial charge in [-0.15, -0.1) is 0 Å². The Morgan fingerprint density at radius 1 is 1.10 bits per heavy atom. The lowest BCUT2D eigenvalue weighted by atomic mass is 9.96. The molecule has 1 atom stereocenters. The van der Waals surface area contributed by atoms with E-state index in [1.807, 2.05) is 6.92 Å². The molecule has 0 aliphatic heterocycles. The third kappa shape index (κ3) is 2.61. The van der Waals surface area contributed by atoms with Gasteiger partial charge in [-0.2, -0.15) is 0 Å². The van der Waals surface area contributed by atoms with Crippen LogP contribution in [0, 0.1) is 12.7 Å². The Morgan fingerprint density at radius 3 is 2.75 bits per heavy atom. The van der Waals surface area contributed by atoms with Crippen molar-refractivity contribution in [3.05, 3.63) is 70.0 Å². The topological polar surface area (TPSA) is 20.2 Å². The van der Waals surface area contributed by atoms with Crippen molar-refractivity contribution in [2.24, 2.45) is 0 Å².